The van der Waals surface area contributed by atoms with Gasteiger partial charge in [0.2, 0.25) is 0 Å². The fourth-order valence-electron chi connectivity index (χ4n) is 2.49. The van der Waals surface area contributed by atoms with E-state index in [0.717, 1.165) is 19.3 Å². The predicted octanol–water partition coefficient (Wildman–Crippen LogP) is 3.09. The van der Waals surface area contributed by atoms with Crippen molar-refractivity contribution in [2.45, 2.75) is 90.1 Å². The van der Waals surface area contributed by atoms with E-state index in [1.165, 1.54) is 51.4 Å². The first kappa shape index (κ1) is 23.9. The van der Waals surface area contributed by atoms with Crippen molar-refractivity contribution < 1.29 is 24.2 Å². The van der Waals surface area contributed by atoms with Gasteiger partial charge in [-0.05, 0) is 6.42 Å². The van der Waals surface area contributed by atoms with Gasteiger partial charge in [0.15, 0.2) is 0 Å². The standard InChI is InChI=1S/C19H37NO5/c1-2-3-4-5-6-7-8-9-10-11-12-13-18(22)24-15-17(21)16-25-19(23)14-20/h17,21H,2-16,20H2,1H3. The van der Waals surface area contributed by atoms with Crippen molar-refractivity contribution >= 4 is 11.9 Å². The molecule has 0 bridgehead atoms. The van der Waals surface area contributed by atoms with Crippen LogP contribution in [-0.4, -0.2) is 42.9 Å². The Bertz CT molecular complexity index is 336. The molecule has 6 nitrogen and oxygen atoms in total. The van der Waals surface area contributed by atoms with Gasteiger partial charge >= 0.3 is 11.9 Å². The van der Waals surface area contributed by atoms with E-state index < -0.39 is 12.1 Å². The summed E-state index contributed by atoms with van der Waals surface area (Å²) < 4.78 is 9.60. The van der Waals surface area contributed by atoms with Gasteiger partial charge in [-0.25, -0.2) is 0 Å². The molecule has 1 atom stereocenters. The molecule has 3 N–H and O–H groups in total. The second-order valence-electron chi connectivity index (χ2n) is 6.51. The maximum absolute atomic E-state index is 11.5. The highest BCUT2D eigenvalue weighted by atomic mass is 16.6. The number of esters is 2. The Morgan fingerprint density at radius 1 is 0.800 bits per heavy atom. The Morgan fingerprint density at radius 2 is 1.24 bits per heavy atom. The fourth-order valence-corrected chi connectivity index (χ4v) is 2.49. The Morgan fingerprint density at radius 3 is 1.72 bits per heavy atom. The third-order valence-electron chi connectivity index (χ3n) is 4.02. The first-order valence-corrected chi connectivity index (χ1v) is 9.79. The molecule has 148 valence electrons. The van der Waals surface area contributed by atoms with Crippen LogP contribution in [0.5, 0.6) is 0 Å². The third kappa shape index (κ3) is 17.5. The third-order valence-corrected chi connectivity index (χ3v) is 4.02. The topological polar surface area (TPSA) is 98.9 Å². The van der Waals surface area contributed by atoms with Gasteiger partial charge in [0.1, 0.15) is 19.3 Å². The lowest BCUT2D eigenvalue weighted by atomic mass is 10.1. The van der Waals surface area contributed by atoms with Crippen molar-refractivity contribution in [2.75, 3.05) is 19.8 Å². The minimum absolute atomic E-state index is 0.158. The van der Waals surface area contributed by atoms with Crippen LogP contribution in [0.15, 0.2) is 0 Å². The number of hydrogen-bond donors (Lipinski definition) is 2. The zero-order chi connectivity index (χ0) is 18.8. The minimum Gasteiger partial charge on any atom is -0.463 e. The van der Waals surface area contributed by atoms with Crippen LogP contribution in [0.4, 0.5) is 0 Å². The van der Waals surface area contributed by atoms with Crippen LogP contribution >= 0.6 is 0 Å². The first-order chi connectivity index (χ1) is 12.1. The second kappa shape index (κ2) is 17.7. The van der Waals surface area contributed by atoms with E-state index in [-0.39, 0.29) is 25.7 Å². The summed E-state index contributed by atoms with van der Waals surface area (Å²) in [6.07, 6.45) is 12.9. The summed E-state index contributed by atoms with van der Waals surface area (Å²) in [7, 11) is 0. The Labute approximate surface area is 152 Å². The van der Waals surface area contributed by atoms with E-state index in [1.54, 1.807) is 0 Å². The quantitative estimate of drug-likeness (QED) is 0.306. The van der Waals surface area contributed by atoms with E-state index in [1.807, 2.05) is 0 Å². The highest BCUT2D eigenvalue weighted by Crippen LogP contribution is 2.12. The van der Waals surface area contributed by atoms with Gasteiger partial charge in [-0.15, -0.1) is 0 Å². The van der Waals surface area contributed by atoms with Gasteiger partial charge < -0.3 is 20.3 Å². The van der Waals surface area contributed by atoms with Crippen LogP contribution in [-0.2, 0) is 19.1 Å². The molecule has 25 heavy (non-hydrogen) atoms. The molecule has 0 amide bonds. The number of ether oxygens (including phenoxy) is 2. The molecule has 0 aromatic rings. The van der Waals surface area contributed by atoms with Crippen molar-refractivity contribution in [3.05, 3.63) is 0 Å². The van der Waals surface area contributed by atoms with Gasteiger partial charge in [0.25, 0.3) is 0 Å². The van der Waals surface area contributed by atoms with Gasteiger partial charge in [-0.1, -0.05) is 71.1 Å². The lowest BCUT2D eigenvalue weighted by Gasteiger charge is -2.11. The molecule has 0 aliphatic heterocycles. The summed E-state index contributed by atoms with van der Waals surface area (Å²) in [5.74, 6) is -0.911. The van der Waals surface area contributed by atoms with Crippen molar-refractivity contribution in [3.8, 4) is 0 Å². The molecule has 0 spiro atoms. The summed E-state index contributed by atoms with van der Waals surface area (Å²) >= 11 is 0. The van der Waals surface area contributed by atoms with Gasteiger partial charge in [0.05, 0.1) is 6.54 Å². The largest absolute Gasteiger partial charge is 0.463 e. The molecule has 0 rings (SSSR count). The second-order valence-corrected chi connectivity index (χ2v) is 6.51. The smallest absolute Gasteiger partial charge is 0.319 e. The van der Waals surface area contributed by atoms with Gasteiger partial charge in [-0.3, -0.25) is 9.59 Å². The number of nitrogens with two attached hydrogens (primary N) is 1. The number of aliphatic hydroxyl groups excluding tert-OH is 1. The molecule has 0 aliphatic rings. The van der Waals surface area contributed by atoms with Gasteiger partial charge in [-0.2, -0.15) is 0 Å². The van der Waals surface area contributed by atoms with E-state index >= 15 is 0 Å². The number of aliphatic hydroxyl groups is 1. The lowest BCUT2D eigenvalue weighted by molar-refractivity contribution is -0.151. The summed E-state index contributed by atoms with van der Waals surface area (Å²) in [5.41, 5.74) is 5.07. The Kier molecular flexibility index (Phi) is 16.9. The van der Waals surface area contributed by atoms with Gasteiger partial charge in [0, 0.05) is 6.42 Å². The first-order valence-electron chi connectivity index (χ1n) is 9.79. The normalized spacial score (nSPS) is 12.0. The van der Waals surface area contributed by atoms with E-state index in [4.69, 9.17) is 10.5 Å². The molecule has 0 heterocycles. The van der Waals surface area contributed by atoms with E-state index in [0.29, 0.717) is 6.42 Å². The van der Waals surface area contributed by atoms with Crippen molar-refractivity contribution in [1.82, 2.24) is 0 Å². The Balaban J connectivity index is 3.34. The molecule has 0 aliphatic carbocycles. The number of carbonyl (C=O) groups excluding carboxylic acids is 2. The van der Waals surface area contributed by atoms with Crippen molar-refractivity contribution in [3.63, 3.8) is 0 Å². The number of rotatable bonds is 17. The highest BCUT2D eigenvalue weighted by Gasteiger charge is 2.11. The van der Waals surface area contributed by atoms with Crippen LogP contribution in [0.1, 0.15) is 84.0 Å². The fraction of sp³-hybridized carbons (Fsp3) is 0.895. The SMILES string of the molecule is CCCCCCCCCCCCCC(=O)OCC(O)COC(=O)CN. The molecule has 0 aromatic heterocycles. The number of unbranched alkanes of at least 4 members (excludes halogenated alkanes) is 10. The average molecular weight is 360 g/mol. The molecule has 0 saturated heterocycles. The monoisotopic (exact) mass is 359 g/mol. The molecular formula is C19H37NO5. The van der Waals surface area contributed by atoms with Crippen LogP contribution in [0.25, 0.3) is 0 Å². The average Bonchev–Trinajstić information content (AvgIpc) is 2.62. The molecule has 0 aromatic carbocycles. The van der Waals surface area contributed by atoms with Crippen LogP contribution < -0.4 is 5.73 Å². The van der Waals surface area contributed by atoms with Crippen LogP contribution in [0.3, 0.4) is 0 Å². The zero-order valence-electron chi connectivity index (χ0n) is 15.8. The zero-order valence-corrected chi connectivity index (χ0v) is 15.8. The predicted molar refractivity (Wildman–Crippen MR) is 98.1 cm³/mol. The van der Waals surface area contributed by atoms with E-state index in [9.17, 15) is 14.7 Å². The number of carbonyl (C=O) groups is 2. The summed E-state index contributed by atoms with van der Waals surface area (Å²) in [5, 5.41) is 9.51. The van der Waals surface area contributed by atoms with E-state index in [2.05, 4.69) is 11.7 Å². The van der Waals surface area contributed by atoms with Crippen LogP contribution in [0.2, 0.25) is 0 Å². The molecule has 6 heteroatoms. The molecular weight excluding hydrogens is 322 g/mol. The molecule has 0 fully saturated rings. The molecule has 1 unspecified atom stereocenters. The maximum Gasteiger partial charge on any atom is 0.319 e. The molecule has 0 radical (unpaired) electrons. The lowest BCUT2D eigenvalue weighted by Crippen LogP contribution is -2.27. The summed E-state index contributed by atoms with van der Waals surface area (Å²) in [6.45, 7) is 1.64. The minimum atomic E-state index is -1.00. The summed E-state index contributed by atoms with van der Waals surface area (Å²) in [6, 6.07) is 0. The summed E-state index contributed by atoms with van der Waals surface area (Å²) in [4.78, 5) is 22.4. The maximum atomic E-state index is 11.5. The number of hydrogen-bond acceptors (Lipinski definition) is 6. The Hall–Kier alpha value is -1.14. The van der Waals surface area contributed by atoms with Crippen LogP contribution in [0, 0.1) is 0 Å². The van der Waals surface area contributed by atoms with Crippen molar-refractivity contribution in [2.24, 2.45) is 5.73 Å². The van der Waals surface area contributed by atoms with Crippen molar-refractivity contribution in [1.29, 1.82) is 0 Å². The molecule has 0 saturated carbocycles. The highest BCUT2D eigenvalue weighted by molar-refractivity contribution is 5.71.